The molecule has 0 saturated heterocycles. The number of ether oxygens (including phenoxy) is 1. The number of methoxy groups -OCH3 is 1. The van der Waals surface area contributed by atoms with Crippen LogP contribution in [0.3, 0.4) is 0 Å². The summed E-state index contributed by atoms with van der Waals surface area (Å²) in [5.41, 5.74) is 0. The second kappa shape index (κ2) is 6.36. The summed E-state index contributed by atoms with van der Waals surface area (Å²) in [5, 5.41) is 5.97. The molecule has 0 fully saturated rings. The standard InChI is InChI=1S/C12H22N4O3S/c1-12(2,20(5,17)18)8-14-10-6-9(13-3)15-11(16-10)7-19-4/h6H,7-8H2,1-5H3,(H2,13,14,15,16). The van der Waals surface area contributed by atoms with Gasteiger partial charge >= 0.3 is 0 Å². The number of rotatable bonds is 7. The molecular formula is C12H22N4O3S. The molecule has 7 nitrogen and oxygen atoms in total. The highest BCUT2D eigenvalue weighted by atomic mass is 32.2. The fourth-order valence-corrected chi connectivity index (χ4v) is 1.68. The van der Waals surface area contributed by atoms with Crippen molar-refractivity contribution in [3.8, 4) is 0 Å². The minimum Gasteiger partial charge on any atom is -0.377 e. The van der Waals surface area contributed by atoms with Gasteiger partial charge in [-0.05, 0) is 13.8 Å². The number of nitrogens with zero attached hydrogens (tertiary/aromatic N) is 2. The molecule has 0 aromatic carbocycles. The molecule has 1 heterocycles. The van der Waals surface area contributed by atoms with Gasteiger partial charge in [0.25, 0.3) is 0 Å². The molecule has 0 bridgehead atoms. The van der Waals surface area contributed by atoms with Gasteiger partial charge in [-0.2, -0.15) is 0 Å². The number of hydrogen-bond acceptors (Lipinski definition) is 7. The zero-order valence-electron chi connectivity index (χ0n) is 12.5. The molecule has 0 unspecified atom stereocenters. The van der Waals surface area contributed by atoms with Crippen molar-refractivity contribution in [3.63, 3.8) is 0 Å². The van der Waals surface area contributed by atoms with Crippen LogP contribution >= 0.6 is 0 Å². The van der Waals surface area contributed by atoms with E-state index >= 15 is 0 Å². The monoisotopic (exact) mass is 302 g/mol. The van der Waals surface area contributed by atoms with E-state index in [9.17, 15) is 8.42 Å². The highest BCUT2D eigenvalue weighted by Gasteiger charge is 2.30. The van der Waals surface area contributed by atoms with Crippen LogP contribution in [0, 0.1) is 0 Å². The van der Waals surface area contributed by atoms with Gasteiger partial charge < -0.3 is 15.4 Å². The number of sulfone groups is 1. The Morgan fingerprint density at radius 3 is 2.40 bits per heavy atom. The van der Waals surface area contributed by atoms with Crippen LogP contribution < -0.4 is 10.6 Å². The molecule has 2 N–H and O–H groups in total. The molecule has 0 aliphatic rings. The largest absolute Gasteiger partial charge is 0.377 e. The topological polar surface area (TPSA) is 93.2 Å². The smallest absolute Gasteiger partial charge is 0.158 e. The molecule has 1 aromatic heterocycles. The Hall–Kier alpha value is -1.41. The summed E-state index contributed by atoms with van der Waals surface area (Å²) in [6, 6.07) is 1.72. The number of anilines is 2. The second-order valence-electron chi connectivity index (χ2n) is 5.12. The van der Waals surface area contributed by atoms with Gasteiger partial charge in [-0.1, -0.05) is 0 Å². The van der Waals surface area contributed by atoms with Crippen molar-refractivity contribution in [2.75, 3.05) is 37.6 Å². The molecule has 1 rings (SSSR count). The fraction of sp³-hybridized carbons (Fsp3) is 0.667. The molecule has 0 aliphatic heterocycles. The highest BCUT2D eigenvalue weighted by molar-refractivity contribution is 7.92. The van der Waals surface area contributed by atoms with E-state index in [4.69, 9.17) is 4.74 Å². The first-order valence-corrected chi connectivity index (χ1v) is 8.07. The van der Waals surface area contributed by atoms with E-state index in [1.54, 1.807) is 34.1 Å². The summed E-state index contributed by atoms with van der Waals surface area (Å²) >= 11 is 0. The maximum atomic E-state index is 11.7. The molecule has 114 valence electrons. The lowest BCUT2D eigenvalue weighted by Crippen LogP contribution is -2.38. The van der Waals surface area contributed by atoms with Crippen LogP contribution in [0.1, 0.15) is 19.7 Å². The van der Waals surface area contributed by atoms with E-state index in [0.29, 0.717) is 24.1 Å². The van der Waals surface area contributed by atoms with Gasteiger partial charge in [0, 0.05) is 33.0 Å². The normalized spacial score (nSPS) is 12.2. The van der Waals surface area contributed by atoms with Crippen LogP contribution in [0.15, 0.2) is 6.07 Å². The molecule has 0 aliphatic carbocycles. The maximum absolute atomic E-state index is 11.7. The Bertz CT molecular complexity index is 558. The molecule has 0 spiro atoms. The Morgan fingerprint density at radius 2 is 1.90 bits per heavy atom. The molecule has 8 heteroatoms. The van der Waals surface area contributed by atoms with E-state index in [1.807, 2.05) is 0 Å². The zero-order valence-corrected chi connectivity index (χ0v) is 13.3. The van der Waals surface area contributed by atoms with Crippen LogP contribution in [-0.4, -0.2) is 50.1 Å². The Morgan fingerprint density at radius 1 is 1.30 bits per heavy atom. The SMILES string of the molecule is CNc1cc(NCC(C)(C)S(C)(=O)=O)nc(COC)n1. The quantitative estimate of drug-likeness (QED) is 0.773. The van der Waals surface area contributed by atoms with Crippen LogP contribution in [0.4, 0.5) is 11.6 Å². The summed E-state index contributed by atoms with van der Waals surface area (Å²) in [7, 11) is 0.163. The van der Waals surface area contributed by atoms with Crippen molar-refractivity contribution < 1.29 is 13.2 Å². The highest BCUT2D eigenvalue weighted by Crippen LogP contribution is 2.17. The van der Waals surface area contributed by atoms with E-state index in [0.717, 1.165) is 0 Å². The average Bonchev–Trinajstić information content (AvgIpc) is 2.35. The summed E-state index contributed by atoms with van der Waals surface area (Å²) in [5.74, 6) is 1.74. The van der Waals surface area contributed by atoms with E-state index in [1.165, 1.54) is 6.26 Å². The average molecular weight is 302 g/mol. The lowest BCUT2D eigenvalue weighted by atomic mass is 10.2. The third kappa shape index (κ3) is 4.31. The Balaban J connectivity index is 2.90. The first-order valence-electron chi connectivity index (χ1n) is 6.18. The molecule has 0 saturated carbocycles. The summed E-state index contributed by atoms with van der Waals surface area (Å²) < 4.78 is 27.5. The molecule has 0 amide bonds. The molecule has 0 radical (unpaired) electrons. The van der Waals surface area contributed by atoms with Crippen molar-refractivity contribution in [3.05, 3.63) is 11.9 Å². The summed E-state index contributed by atoms with van der Waals surface area (Å²) in [4.78, 5) is 8.50. The first-order chi connectivity index (χ1) is 9.19. The Labute approximate surface area is 120 Å². The van der Waals surface area contributed by atoms with Crippen LogP contribution in [-0.2, 0) is 21.2 Å². The van der Waals surface area contributed by atoms with Gasteiger partial charge in [-0.15, -0.1) is 0 Å². The Kier molecular flexibility index (Phi) is 5.29. The molecule has 1 aromatic rings. The van der Waals surface area contributed by atoms with Crippen molar-refractivity contribution in [1.29, 1.82) is 0 Å². The van der Waals surface area contributed by atoms with Gasteiger partial charge in [0.1, 0.15) is 18.2 Å². The number of hydrogen-bond donors (Lipinski definition) is 2. The third-order valence-electron chi connectivity index (χ3n) is 3.00. The van der Waals surface area contributed by atoms with Crippen molar-refractivity contribution in [1.82, 2.24) is 9.97 Å². The lowest BCUT2D eigenvalue weighted by Gasteiger charge is -2.23. The molecule has 20 heavy (non-hydrogen) atoms. The van der Waals surface area contributed by atoms with Crippen LogP contribution in [0.25, 0.3) is 0 Å². The van der Waals surface area contributed by atoms with Gasteiger partial charge in [0.2, 0.25) is 0 Å². The van der Waals surface area contributed by atoms with Gasteiger partial charge in [0.05, 0.1) is 4.75 Å². The number of nitrogens with one attached hydrogen (secondary N) is 2. The molecule has 0 atom stereocenters. The van der Waals surface area contributed by atoms with Crippen molar-refractivity contribution in [2.45, 2.75) is 25.2 Å². The second-order valence-corrected chi connectivity index (χ2v) is 7.77. The van der Waals surface area contributed by atoms with Crippen LogP contribution in [0.2, 0.25) is 0 Å². The van der Waals surface area contributed by atoms with E-state index in [2.05, 4.69) is 20.6 Å². The minimum atomic E-state index is -3.15. The van der Waals surface area contributed by atoms with Gasteiger partial charge in [-0.25, -0.2) is 18.4 Å². The first kappa shape index (κ1) is 16.6. The zero-order chi connectivity index (χ0) is 15.4. The predicted molar refractivity (Wildman–Crippen MR) is 79.7 cm³/mol. The summed E-state index contributed by atoms with van der Waals surface area (Å²) in [6.07, 6.45) is 1.23. The summed E-state index contributed by atoms with van der Waals surface area (Å²) in [6.45, 7) is 3.90. The van der Waals surface area contributed by atoms with E-state index in [-0.39, 0.29) is 6.54 Å². The van der Waals surface area contributed by atoms with Crippen molar-refractivity contribution >= 4 is 21.5 Å². The molecular weight excluding hydrogens is 280 g/mol. The minimum absolute atomic E-state index is 0.262. The fourth-order valence-electron chi connectivity index (χ4n) is 1.34. The van der Waals surface area contributed by atoms with Gasteiger partial charge in [0.15, 0.2) is 15.7 Å². The maximum Gasteiger partial charge on any atom is 0.158 e. The number of aromatic nitrogens is 2. The predicted octanol–water partition coefficient (Wildman–Crippen LogP) is 0.900. The third-order valence-corrected chi connectivity index (χ3v) is 5.15. The van der Waals surface area contributed by atoms with Crippen LogP contribution in [0.5, 0.6) is 0 Å². The van der Waals surface area contributed by atoms with E-state index < -0.39 is 14.6 Å². The van der Waals surface area contributed by atoms with Gasteiger partial charge in [-0.3, -0.25) is 0 Å². The lowest BCUT2D eigenvalue weighted by molar-refractivity contribution is 0.178. The van der Waals surface area contributed by atoms with Crippen molar-refractivity contribution in [2.24, 2.45) is 0 Å².